The summed E-state index contributed by atoms with van der Waals surface area (Å²) in [6.07, 6.45) is 0. The average Bonchev–Trinajstić information content (AvgIpc) is 0.811. The van der Waals surface area contributed by atoms with E-state index in [2.05, 4.69) is 17.9 Å². The van der Waals surface area contributed by atoms with Crippen molar-refractivity contribution >= 4 is 25.0 Å². The lowest BCUT2D eigenvalue weighted by Gasteiger charge is -1.60. The predicted octanol–water partition coefficient (Wildman–Crippen LogP) is 1.13. The van der Waals surface area contributed by atoms with Gasteiger partial charge in [0.1, 0.15) is 7.18 Å². The molecule has 0 bridgehead atoms. The van der Waals surface area contributed by atoms with Gasteiger partial charge in [0.25, 0.3) is 0 Å². The first-order chi connectivity index (χ1) is 1.73. The van der Waals surface area contributed by atoms with Crippen molar-refractivity contribution in [3.8, 4) is 0 Å². The largest absolute Gasteiger partial charge is 0.319 e. The van der Waals surface area contributed by atoms with Gasteiger partial charge < -0.3 is 4.57 Å². The Balaban J connectivity index is 2.80. The molecule has 0 radical (unpaired) electrons. The summed E-state index contributed by atoms with van der Waals surface area (Å²) in [7, 11) is 3.04. The van der Waals surface area contributed by atoms with Gasteiger partial charge in [0.15, 0.2) is 0 Å². The number of hydrogen-bond donors (Lipinski definition) is 0. The summed E-state index contributed by atoms with van der Waals surface area (Å²) in [5.41, 5.74) is 0. The highest BCUT2D eigenvalue weighted by Crippen LogP contribution is 2.38. The van der Waals surface area contributed by atoms with Gasteiger partial charge in [-0.3, -0.25) is 0 Å². The molecule has 0 aliphatic carbocycles. The van der Waals surface area contributed by atoms with Crippen LogP contribution in [0.25, 0.3) is 0 Å². The Morgan fingerprint density at radius 3 is 1.50 bits per heavy atom. The molecule has 2 atom stereocenters. The van der Waals surface area contributed by atoms with Gasteiger partial charge in [-0.2, -0.15) is 0 Å². The Morgan fingerprint density at radius 1 is 1.50 bits per heavy atom. The van der Waals surface area contributed by atoms with Crippen LogP contribution in [0.15, 0.2) is 0 Å². The van der Waals surface area contributed by atoms with E-state index in [1.54, 1.807) is 0 Å². The molecule has 0 N–H and O–H groups in total. The first kappa shape index (κ1) is 5.09. The molecule has 0 aromatic carbocycles. The Labute approximate surface area is 30.5 Å². The lowest BCUT2D eigenvalue weighted by molar-refractivity contribution is 0.603. The van der Waals surface area contributed by atoms with Gasteiger partial charge in [0.05, 0.1) is 0 Å². The molecule has 0 aromatic rings. The minimum atomic E-state index is -1.30. The lowest BCUT2D eigenvalue weighted by Crippen LogP contribution is -0.905. The van der Waals surface area contributed by atoms with Crippen molar-refractivity contribution in [2.24, 2.45) is 0 Å². The molecule has 0 aliphatic heterocycles. The summed E-state index contributed by atoms with van der Waals surface area (Å²) < 4.78 is 9.56. The molecule has 4 heteroatoms. The van der Waals surface area contributed by atoms with Gasteiger partial charge in [0, 0.05) is 0 Å². The predicted molar refractivity (Wildman–Crippen MR) is 28.4 cm³/mol. The van der Waals surface area contributed by atoms with Crippen LogP contribution < -0.4 is 0 Å². The zero-order valence-corrected chi connectivity index (χ0v) is 5.37. The molecule has 4 heavy (non-hydrogen) atoms. The summed E-state index contributed by atoms with van der Waals surface area (Å²) in [4.78, 5) is 0. The van der Waals surface area contributed by atoms with Crippen LogP contribution in [-0.2, 0) is 4.57 Å². The Morgan fingerprint density at radius 2 is 1.50 bits per heavy atom. The van der Waals surface area contributed by atoms with Crippen LogP contribution in [-0.4, -0.2) is 0 Å². The second-order valence-electron chi connectivity index (χ2n) is 0.402. The molecular weight excluding hydrogens is 109 g/mol. The highest BCUT2D eigenvalue weighted by Gasteiger charge is 1.58. The molecule has 0 aromatic heterocycles. The fourth-order valence-electron chi connectivity index (χ4n) is 0. The molecule has 0 fully saturated rings. The highest BCUT2D eigenvalue weighted by atomic mass is 32.4. The van der Waals surface area contributed by atoms with E-state index in [-0.39, 0.29) is 0 Å². The van der Waals surface area contributed by atoms with Crippen LogP contribution in [0.4, 0.5) is 0 Å². The molecule has 26 valence electrons. The van der Waals surface area contributed by atoms with E-state index in [4.69, 9.17) is 0 Å². The third-order valence-electron chi connectivity index (χ3n) is 0. The van der Waals surface area contributed by atoms with E-state index in [9.17, 15) is 4.57 Å². The smallest absolute Gasteiger partial charge is 0.104 e. The average molecular weight is 114 g/mol. The van der Waals surface area contributed by atoms with Crippen molar-refractivity contribution in [1.29, 1.82) is 0 Å². The van der Waals surface area contributed by atoms with Crippen molar-refractivity contribution < 1.29 is 4.57 Å². The van der Waals surface area contributed by atoms with Gasteiger partial charge >= 0.3 is 0 Å². The normalized spacial score (nSPS) is 8.75. The lowest BCUT2D eigenvalue weighted by atomic mass is 16.0. The Kier molecular flexibility index (Phi) is 2.97. The maximum atomic E-state index is 9.56. The van der Waals surface area contributed by atoms with Crippen molar-refractivity contribution in [3.63, 3.8) is 0 Å². The maximum absolute atomic E-state index is 9.56. The molecule has 0 aliphatic rings. The molecule has 0 saturated heterocycles. The SMILES string of the molecule is O=[PH](P)P. The third-order valence-corrected chi connectivity index (χ3v) is 0. The standard InChI is InChI=1S/H5OP3/c1-4(2)3/h4H,2-3H2. The molecule has 2 unspecified atom stereocenters. The van der Waals surface area contributed by atoms with E-state index < -0.39 is 7.18 Å². The van der Waals surface area contributed by atoms with E-state index in [1.807, 2.05) is 0 Å². The maximum Gasteiger partial charge on any atom is 0.104 e. The molecule has 0 rings (SSSR count). The van der Waals surface area contributed by atoms with E-state index in [0.717, 1.165) is 0 Å². The number of rotatable bonds is 0. The first-order valence-electron chi connectivity index (χ1n) is 0.781. The van der Waals surface area contributed by atoms with E-state index >= 15 is 0 Å². The van der Waals surface area contributed by atoms with Crippen molar-refractivity contribution in [2.45, 2.75) is 0 Å². The van der Waals surface area contributed by atoms with Gasteiger partial charge in [-0.15, -0.1) is 0 Å². The topological polar surface area (TPSA) is 17.1 Å². The second-order valence-corrected chi connectivity index (χ2v) is 6.62. The van der Waals surface area contributed by atoms with Crippen LogP contribution in [0.2, 0.25) is 0 Å². The van der Waals surface area contributed by atoms with Gasteiger partial charge in [-0.05, 0) is 0 Å². The van der Waals surface area contributed by atoms with Crippen LogP contribution in [0, 0.1) is 0 Å². The van der Waals surface area contributed by atoms with E-state index in [0.29, 0.717) is 0 Å². The molecule has 0 heterocycles. The Bertz CT molecular complexity index is 26.3. The Hall–Kier alpha value is 1.09. The summed E-state index contributed by atoms with van der Waals surface area (Å²) in [6, 6.07) is 0. The van der Waals surface area contributed by atoms with Crippen LogP contribution >= 0.6 is 25.0 Å². The minimum absolute atomic E-state index is 1.30. The summed E-state index contributed by atoms with van der Waals surface area (Å²) in [5.74, 6) is 0. The monoisotopic (exact) mass is 114 g/mol. The second kappa shape index (κ2) is 2.33. The van der Waals surface area contributed by atoms with Crippen LogP contribution in [0.3, 0.4) is 0 Å². The third kappa shape index (κ3) is 11.4. The zero-order chi connectivity index (χ0) is 3.58. The first-order valence-corrected chi connectivity index (χ1v) is 5.81. The van der Waals surface area contributed by atoms with Crippen molar-refractivity contribution in [3.05, 3.63) is 0 Å². The summed E-state index contributed by atoms with van der Waals surface area (Å²) in [5, 5.41) is 0. The summed E-state index contributed by atoms with van der Waals surface area (Å²) >= 11 is 0. The van der Waals surface area contributed by atoms with E-state index in [1.165, 1.54) is 0 Å². The number of hydrogen-bond acceptors (Lipinski definition) is 1. The molecule has 1 nitrogen and oxygen atoms in total. The molecular formula is H5OP3. The fraction of sp³-hybridized carbons (Fsp3) is 0. The van der Waals surface area contributed by atoms with Gasteiger partial charge in [0.2, 0.25) is 0 Å². The summed E-state index contributed by atoms with van der Waals surface area (Å²) in [6.45, 7) is 0. The minimum Gasteiger partial charge on any atom is -0.319 e. The molecule has 0 saturated carbocycles. The van der Waals surface area contributed by atoms with Crippen molar-refractivity contribution in [2.75, 3.05) is 0 Å². The zero-order valence-electron chi connectivity index (χ0n) is 2.06. The van der Waals surface area contributed by atoms with Crippen LogP contribution in [0.1, 0.15) is 0 Å². The molecule has 0 spiro atoms. The van der Waals surface area contributed by atoms with Gasteiger partial charge in [-0.25, -0.2) is 0 Å². The highest BCUT2D eigenvalue weighted by molar-refractivity contribution is 8.37. The molecule has 0 amide bonds. The quantitative estimate of drug-likeness (QED) is 0.431. The van der Waals surface area contributed by atoms with Gasteiger partial charge in [-0.1, -0.05) is 17.9 Å². The van der Waals surface area contributed by atoms with Crippen LogP contribution in [0.5, 0.6) is 0 Å². The fourth-order valence-corrected chi connectivity index (χ4v) is 0. The van der Waals surface area contributed by atoms with Crippen molar-refractivity contribution in [1.82, 2.24) is 0 Å².